The van der Waals surface area contributed by atoms with E-state index in [1.165, 1.54) is 24.0 Å². The van der Waals surface area contributed by atoms with Gasteiger partial charge in [0, 0.05) is 36.6 Å². The quantitative estimate of drug-likeness (QED) is 0.710. The minimum absolute atomic E-state index is 0.468. The number of rotatable bonds is 2. The van der Waals surface area contributed by atoms with E-state index in [0.717, 1.165) is 10.1 Å². The highest BCUT2D eigenvalue weighted by atomic mass is 32.2. The molecule has 0 bridgehead atoms. The van der Waals surface area contributed by atoms with Gasteiger partial charge in [0.1, 0.15) is 0 Å². The van der Waals surface area contributed by atoms with Gasteiger partial charge in [0.2, 0.25) is 5.95 Å². The van der Waals surface area contributed by atoms with Gasteiger partial charge in [0.25, 0.3) is 0 Å². The number of hydrogen-bond donors (Lipinski definition) is 0. The minimum Gasteiger partial charge on any atom is -0.329 e. The molecule has 2 heterocycles. The lowest BCUT2D eigenvalue weighted by Crippen LogP contribution is -1.89. The zero-order valence-electron chi connectivity index (χ0n) is 7.51. The Balaban J connectivity index is 2.23. The summed E-state index contributed by atoms with van der Waals surface area (Å²) in [6.07, 6.45) is 5.00. The van der Waals surface area contributed by atoms with E-state index in [4.69, 9.17) is 0 Å². The summed E-state index contributed by atoms with van der Waals surface area (Å²) in [6.45, 7) is 0. The first-order valence-corrected chi connectivity index (χ1v) is 4.84. The van der Waals surface area contributed by atoms with Crippen LogP contribution in [0, 0.1) is 5.95 Å². The van der Waals surface area contributed by atoms with E-state index in [0.29, 0.717) is 0 Å². The van der Waals surface area contributed by atoms with E-state index in [1.807, 2.05) is 17.8 Å². The lowest BCUT2D eigenvalue weighted by atomic mass is 10.5. The molecule has 0 saturated heterocycles. The topological polar surface area (TPSA) is 30.7 Å². The summed E-state index contributed by atoms with van der Waals surface area (Å²) in [6, 6.07) is 3.14. The Labute approximate surface area is 85.0 Å². The predicted molar refractivity (Wildman–Crippen MR) is 51.5 cm³/mol. The summed E-state index contributed by atoms with van der Waals surface area (Å²) in [5, 5.41) is 0.829. The lowest BCUT2D eigenvalue weighted by Gasteiger charge is -2.00. The van der Waals surface area contributed by atoms with Crippen LogP contribution >= 0.6 is 11.8 Å². The molecule has 0 atom stereocenters. The van der Waals surface area contributed by atoms with E-state index in [9.17, 15) is 4.39 Å². The molecule has 0 unspecified atom stereocenters. The van der Waals surface area contributed by atoms with Crippen molar-refractivity contribution in [2.45, 2.75) is 10.1 Å². The van der Waals surface area contributed by atoms with Crippen LogP contribution in [0.2, 0.25) is 0 Å². The molecule has 3 nitrogen and oxygen atoms in total. The van der Waals surface area contributed by atoms with Gasteiger partial charge in [-0.15, -0.1) is 0 Å². The van der Waals surface area contributed by atoms with Crippen molar-refractivity contribution >= 4 is 11.8 Å². The summed E-state index contributed by atoms with van der Waals surface area (Å²) < 4.78 is 14.6. The molecule has 0 N–H and O–H groups in total. The monoisotopic (exact) mass is 209 g/mol. The minimum atomic E-state index is -0.468. The molecule has 5 heteroatoms. The SMILES string of the molecule is Cn1ccnc1Sc1ccnc(F)c1. The predicted octanol–water partition coefficient (Wildman–Crippen LogP) is 2.11. The lowest BCUT2D eigenvalue weighted by molar-refractivity contribution is 0.579. The number of hydrogen-bond acceptors (Lipinski definition) is 3. The molecular weight excluding hydrogens is 201 g/mol. The Morgan fingerprint density at radius 3 is 2.86 bits per heavy atom. The normalized spacial score (nSPS) is 10.4. The van der Waals surface area contributed by atoms with Crippen molar-refractivity contribution in [2.75, 3.05) is 0 Å². The molecule has 2 aromatic rings. The number of halogens is 1. The number of nitrogens with zero attached hydrogens (tertiary/aromatic N) is 3. The molecule has 0 saturated carbocycles. The molecule has 2 rings (SSSR count). The standard InChI is InChI=1S/C9H8FN3S/c1-13-5-4-12-9(13)14-7-2-3-11-8(10)6-7/h2-6H,1H3. The number of aromatic nitrogens is 3. The first-order chi connectivity index (χ1) is 6.75. The van der Waals surface area contributed by atoms with E-state index in [1.54, 1.807) is 12.3 Å². The van der Waals surface area contributed by atoms with Gasteiger partial charge in [0.05, 0.1) is 0 Å². The van der Waals surface area contributed by atoms with Crippen LogP contribution in [-0.2, 0) is 7.05 Å². The second kappa shape index (κ2) is 3.79. The third-order valence-corrected chi connectivity index (χ3v) is 2.75. The maximum Gasteiger partial charge on any atom is 0.213 e. The molecule has 0 radical (unpaired) electrons. The summed E-state index contributed by atoms with van der Waals surface area (Å²) in [4.78, 5) is 8.41. The van der Waals surface area contributed by atoms with Gasteiger partial charge in [-0.1, -0.05) is 11.8 Å². The molecule has 0 aliphatic heterocycles. The van der Waals surface area contributed by atoms with Gasteiger partial charge in [-0.3, -0.25) is 0 Å². The van der Waals surface area contributed by atoms with Crippen molar-refractivity contribution in [3.05, 3.63) is 36.7 Å². The third kappa shape index (κ3) is 1.93. The Kier molecular flexibility index (Phi) is 2.49. The van der Waals surface area contributed by atoms with Gasteiger partial charge >= 0.3 is 0 Å². The van der Waals surface area contributed by atoms with Gasteiger partial charge in [-0.25, -0.2) is 9.97 Å². The fourth-order valence-electron chi connectivity index (χ4n) is 1.00. The molecule has 2 aromatic heterocycles. The van der Waals surface area contributed by atoms with E-state index in [-0.39, 0.29) is 0 Å². The molecule has 0 spiro atoms. The highest BCUT2D eigenvalue weighted by Crippen LogP contribution is 2.25. The second-order valence-electron chi connectivity index (χ2n) is 2.74. The van der Waals surface area contributed by atoms with Crippen LogP contribution in [0.3, 0.4) is 0 Å². The van der Waals surface area contributed by atoms with Crippen molar-refractivity contribution < 1.29 is 4.39 Å². The van der Waals surface area contributed by atoms with E-state index < -0.39 is 5.95 Å². The first kappa shape index (κ1) is 9.21. The highest BCUT2D eigenvalue weighted by Gasteiger charge is 2.02. The number of pyridine rings is 1. The van der Waals surface area contributed by atoms with Crippen molar-refractivity contribution in [3.63, 3.8) is 0 Å². The second-order valence-corrected chi connectivity index (χ2v) is 3.78. The van der Waals surface area contributed by atoms with Crippen molar-refractivity contribution in [1.82, 2.24) is 14.5 Å². The smallest absolute Gasteiger partial charge is 0.213 e. The fraction of sp³-hybridized carbons (Fsp3) is 0.111. The van der Waals surface area contributed by atoms with Gasteiger partial charge in [-0.2, -0.15) is 4.39 Å². The van der Waals surface area contributed by atoms with Crippen LogP contribution in [-0.4, -0.2) is 14.5 Å². The van der Waals surface area contributed by atoms with Crippen LogP contribution in [0.4, 0.5) is 4.39 Å². The van der Waals surface area contributed by atoms with Crippen molar-refractivity contribution in [3.8, 4) is 0 Å². The molecule has 0 fully saturated rings. The van der Waals surface area contributed by atoms with Gasteiger partial charge < -0.3 is 4.57 Å². The van der Waals surface area contributed by atoms with Crippen molar-refractivity contribution in [2.24, 2.45) is 7.05 Å². The molecule has 0 amide bonds. The molecule has 0 aliphatic carbocycles. The highest BCUT2D eigenvalue weighted by molar-refractivity contribution is 7.99. The average molecular weight is 209 g/mol. The Morgan fingerprint density at radius 2 is 2.21 bits per heavy atom. The van der Waals surface area contributed by atoms with Gasteiger partial charge in [-0.05, 0) is 6.07 Å². The van der Waals surface area contributed by atoms with Crippen LogP contribution in [0.1, 0.15) is 0 Å². The number of aryl methyl sites for hydroxylation is 1. The maximum absolute atomic E-state index is 12.7. The van der Waals surface area contributed by atoms with Crippen LogP contribution in [0.15, 0.2) is 40.8 Å². The van der Waals surface area contributed by atoms with Crippen LogP contribution in [0.5, 0.6) is 0 Å². The maximum atomic E-state index is 12.7. The average Bonchev–Trinajstić information content (AvgIpc) is 2.52. The zero-order chi connectivity index (χ0) is 9.97. The summed E-state index contributed by atoms with van der Waals surface area (Å²) in [5.41, 5.74) is 0. The Bertz CT molecular complexity index is 441. The van der Waals surface area contributed by atoms with Crippen LogP contribution in [0.25, 0.3) is 0 Å². The van der Waals surface area contributed by atoms with Gasteiger partial charge in [0.15, 0.2) is 5.16 Å². The first-order valence-electron chi connectivity index (χ1n) is 4.02. The fourth-order valence-corrected chi connectivity index (χ4v) is 1.82. The number of imidazole rings is 1. The largest absolute Gasteiger partial charge is 0.329 e. The zero-order valence-corrected chi connectivity index (χ0v) is 8.33. The summed E-state index contributed by atoms with van der Waals surface area (Å²) >= 11 is 1.41. The van der Waals surface area contributed by atoms with Crippen molar-refractivity contribution in [1.29, 1.82) is 0 Å². The molecule has 14 heavy (non-hydrogen) atoms. The summed E-state index contributed by atoms with van der Waals surface area (Å²) in [7, 11) is 1.90. The molecular formula is C9H8FN3S. The molecule has 72 valence electrons. The molecule has 0 aliphatic rings. The summed E-state index contributed by atoms with van der Waals surface area (Å²) in [5.74, 6) is -0.468. The van der Waals surface area contributed by atoms with E-state index in [2.05, 4.69) is 9.97 Å². The third-order valence-electron chi connectivity index (χ3n) is 1.68. The Hall–Kier alpha value is -1.36. The Morgan fingerprint density at radius 1 is 1.36 bits per heavy atom. The van der Waals surface area contributed by atoms with Crippen LogP contribution < -0.4 is 0 Å². The molecule has 0 aromatic carbocycles. The van der Waals surface area contributed by atoms with E-state index >= 15 is 0 Å².